The number of rotatable bonds is 5. The molecule has 1 amide bonds. The molecule has 1 aromatic carbocycles. The number of anilines is 1. The lowest BCUT2D eigenvalue weighted by Crippen LogP contribution is -2.63. The lowest BCUT2D eigenvalue weighted by Gasteiger charge is -2.50. The average Bonchev–Trinajstić information content (AvgIpc) is 3.48. The number of ketones is 2. The molecule has 7 N–H and O–H groups in total. The number of allylic oxidation sites excluding steroid dienone is 1. The molecule has 4 aliphatic rings. The fourth-order valence-corrected chi connectivity index (χ4v) is 7.48. The molecule has 1 saturated heterocycles. The molecule has 3 aliphatic carbocycles. The molecule has 0 saturated carbocycles. The Labute approximate surface area is 248 Å². The van der Waals surface area contributed by atoms with Gasteiger partial charge < -0.3 is 40.8 Å². The van der Waals surface area contributed by atoms with Crippen LogP contribution in [0.4, 0.5) is 5.69 Å². The van der Waals surface area contributed by atoms with Gasteiger partial charge in [-0.25, -0.2) is 0 Å². The van der Waals surface area contributed by atoms with E-state index < -0.39 is 58.0 Å². The normalized spacial score (nSPS) is 28.2. The van der Waals surface area contributed by atoms with Gasteiger partial charge in [0.2, 0.25) is 5.78 Å². The molecule has 1 aliphatic heterocycles. The maximum absolute atomic E-state index is 14.3. The molecule has 4 atom stereocenters. The average molecular weight is 593 g/mol. The molecule has 2 heterocycles. The maximum atomic E-state index is 14.3. The van der Waals surface area contributed by atoms with Crippen LogP contribution in [0.2, 0.25) is 0 Å². The van der Waals surface area contributed by atoms with Crippen molar-refractivity contribution in [2.75, 3.05) is 39.5 Å². The monoisotopic (exact) mass is 592 g/mol. The predicted octanol–water partition coefficient (Wildman–Crippen LogP) is 1.89. The summed E-state index contributed by atoms with van der Waals surface area (Å²) in [5.41, 5.74) is 3.96. The number of likely N-dealkylation sites (tertiary alicyclic amines) is 1. The lowest BCUT2D eigenvalue weighted by molar-refractivity contribution is -0.148. The summed E-state index contributed by atoms with van der Waals surface area (Å²) >= 11 is 0. The first kappa shape index (κ1) is 29.0. The minimum absolute atomic E-state index is 0.0208. The number of furan rings is 1. The van der Waals surface area contributed by atoms with E-state index in [1.165, 1.54) is 11.2 Å². The number of benzene rings is 1. The fourth-order valence-electron chi connectivity index (χ4n) is 7.48. The quantitative estimate of drug-likeness (QED) is 0.220. The first-order valence-electron chi connectivity index (χ1n) is 14.4. The molecule has 0 radical (unpaired) electrons. The number of carbonyl (C=O) groups excluding carboxylic acids is 3. The van der Waals surface area contributed by atoms with Crippen LogP contribution in [0.5, 0.6) is 5.75 Å². The van der Waals surface area contributed by atoms with Crippen LogP contribution in [-0.4, -0.2) is 99.6 Å². The Kier molecular flexibility index (Phi) is 6.90. The number of aromatic hydroxyl groups is 1. The zero-order chi connectivity index (χ0) is 31.0. The number of primary amides is 1. The van der Waals surface area contributed by atoms with Crippen LogP contribution in [0.1, 0.15) is 35.2 Å². The van der Waals surface area contributed by atoms with Gasteiger partial charge in [0.05, 0.1) is 29.8 Å². The fraction of sp³-hybridized carbons (Fsp3) is 0.452. The van der Waals surface area contributed by atoms with E-state index in [0.717, 1.165) is 25.9 Å². The molecule has 0 spiro atoms. The van der Waals surface area contributed by atoms with E-state index >= 15 is 0 Å². The Morgan fingerprint density at radius 3 is 2.49 bits per heavy atom. The standard InChI is InChI=1S/C31H36N4O8/c1-34(2)24-19-11-15-10-18-17(14-6-9-43-13-14)12-20(33-16-4-7-35(3)8-5-16)25(36)22(18)26(37)21(15)28(39)31(19,42)29(40)23(27(24)38)30(32)41/h6,9,12-13,15-16,19,24,33,36,38-39,42H,4-5,7-8,10-11H2,1-3H3,(H2,32,41)/t15-,19-,24-,31-/m0/s1. The second kappa shape index (κ2) is 10.2. The number of likely N-dealkylation sites (N-methyl/N-ethyl adjacent to an activating group) is 1. The molecule has 43 heavy (non-hydrogen) atoms. The van der Waals surface area contributed by atoms with E-state index in [1.807, 2.05) is 7.05 Å². The molecule has 1 fully saturated rings. The third-order valence-corrected chi connectivity index (χ3v) is 9.63. The van der Waals surface area contributed by atoms with Gasteiger partial charge in [-0.1, -0.05) is 0 Å². The van der Waals surface area contributed by atoms with E-state index in [-0.39, 0.29) is 35.8 Å². The van der Waals surface area contributed by atoms with Gasteiger partial charge in [0.1, 0.15) is 22.8 Å². The Bertz CT molecular complexity index is 1580. The smallest absolute Gasteiger partial charge is 0.255 e. The number of amides is 1. The molecule has 228 valence electrons. The molecule has 0 bridgehead atoms. The summed E-state index contributed by atoms with van der Waals surface area (Å²) in [6, 6.07) is 2.57. The SMILES string of the molecule is CN1CCC(Nc2cc(-c3ccoc3)c3c(c2O)C(=O)C2=C(O)[C@]4(O)C(=O)C(C(N)=O)=C(O)[C@@H](N(C)C)[C@@H]4C[C@@H]2C3)CC1. The highest BCUT2D eigenvalue weighted by Crippen LogP contribution is 2.54. The summed E-state index contributed by atoms with van der Waals surface area (Å²) < 4.78 is 5.35. The van der Waals surface area contributed by atoms with Gasteiger partial charge in [0, 0.05) is 23.1 Å². The van der Waals surface area contributed by atoms with Crippen molar-refractivity contribution in [1.29, 1.82) is 0 Å². The van der Waals surface area contributed by atoms with Crippen molar-refractivity contribution in [2.45, 2.75) is 43.4 Å². The number of aliphatic hydroxyl groups is 3. The van der Waals surface area contributed by atoms with Gasteiger partial charge in [-0.15, -0.1) is 0 Å². The summed E-state index contributed by atoms with van der Waals surface area (Å²) in [5, 5.41) is 49.4. The van der Waals surface area contributed by atoms with Crippen LogP contribution in [0.15, 0.2) is 51.7 Å². The number of hydrogen-bond acceptors (Lipinski definition) is 11. The first-order valence-corrected chi connectivity index (χ1v) is 14.4. The van der Waals surface area contributed by atoms with Gasteiger partial charge in [-0.05, 0) is 89.1 Å². The number of fused-ring (bicyclic) bond motifs is 3. The van der Waals surface area contributed by atoms with Crippen LogP contribution < -0.4 is 11.1 Å². The number of phenolic OH excluding ortho intramolecular Hbond substituents is 1. The number of aliphatic hydroxyl groups excluding tert-OH is 2. The number of piperidine rings is 1. The van der Waals surface area contributed by atoms with Crippen LogP contribution in [0, 0.1) is 11.8 Å². The molecule has 6 rings (SSSR count). The van der Waals surface area contributed by atoms with Crippen molar-refractivity contribution >= 4 is 23.2 Å². The first-order chi connectivity index (χ1) is 20.4. The second-order valence-corrected chi connectivity index (χ2v) is 12.4. The van der Waals surface area contributed by atoms with Gasteiger partial charge in [0.15, 0.2) is 11.4 Å². The van der Waals surface area contributed by atoms with Crippen molar-refractivity contribution in [3.63, 3.8) is 0 Å². The number of nitrogens with two attached hydrogens (primary N) is 1. The van der Waals surface area contributed by atoms with Gasteiger partial charge in [-0.3, -0.25) is 19.3 Å². The van der Waals surface area contributed by atoms with E-state index in [9.17, 15) is 34.8 Å². The highest BCUT2D eigenvalue weighted by molar-refractivity contribution is 6.25. The minimum atomic E-state index is -2.68. The van der Waals surface area contributed by atoms with E-state index in [1.54, 1.807) is 32.5 Å². The van der Waals surface area contributed by atoms with Crippen molar-refractivity contribution < 1.29 is 39.2 Å². The minimum Gasteiger partial charge on any atom is -0.510 e. The van der Waals surface area contributed by atoms with Crippen molar-refractivity contribution in [3.05, 3.63) is 58.5 Å². The molecule has 0 unspecified atom stereocenters. The van der Waals surface area contributed by atoms with Gasteiger partial charge >= 0.3 is 0 Å². The van der Waals surface area contributed by atoms with Crippen LogP contribution in [0.25, 0.3) is 11.1 Å². The largest absolute Gasteiger partial charge is 0.510 e. The van der Waals surface area contributed by atoms with Crippen molar-refractivity contribution in [2.24, 2.45) is 17.6 Å². The van der Waals surface area contributed by atoms with E-state index in [0.29, 0.717) is 22.4 Å². The summed E-state index contributed by atoms with van der Waals surface area (Å²) in [6.07, 6.45) is 4.95. The lowest BCUT2D eigenvalue weighted by atomic mass is 9.58. The topological polar surface area (TPSA) is 190 Å². The van der Waals surface area contributed by atoms with Crippen LogP contribution in [-0.2, 0) is 16.0 Å². The number of nitrogens with one attached hydrogen (secondary N) is 1. The molecule has 1 aromatic heterocycles. The number of Topliss-reactive ketones (excluding diaryl/α,β-unsaturated/α-hetero) is 2. The third kappa shape index (κ3) is 4.27. The van der Waals surface area contributed by atoms with E-state index in [2.05, 4.69) is 10.2 Å². The number of nitrogens with zero attached hydrogens (tertiary/aromatic N) is 2. The Hall–Kier alpha value is -4.13. The van der Waals surface area contributed by atoms with Gasteiger partial charge in [-0.2, -0.15) is 0 Å². The molecule has 12 heteroatoms. The Balaban J connectivity index is 1.51. The maximum Gasteiger partial charge on any atom is 0.255 e. The molecular formula is C31H36N4O8. The Morgan fingerprint density at radius 2 is 1.88 bits per heavy atom. The zero-order valence-corrected chi connectivity index (χ0v) is 24.3. The summed E-state index contributed by atoms with van der Waals surface area (Å²) in [5.74, 6) is -6.76. The van der Waals surface area contributed by atoms with Crippen LogP contribution in [0.3, 0.4) is 0 Å². The second-order valence-electron chi connectivity index (χ2n) is 12.4. The van der Waals surface area contributed by atoms with Crippen molar-refractivity contribution in [1.82, 2.24) is 9.80 Å². The van der Waals surface area contributed by atoms with E-state index in [4.69, 9.17) is 10.2 Å². The third-order valence-electron chi connectivity index (χ3n) is 9.63. The zero-order valence-electron chi connectivity index (χ0n) is 24.3. The summed E-state index contributed by atoms with van der Waals surface area (Å²) in [4.78, 5) is 43.8. The summed E-state index contributed by atoms with van der Waals surface area (Å²) in [7, 11) is 5.24. The van der Waals surface area contributed by atoms with Crippen LogP contribution >= 0.6 is 0 Å². The van der Waals surface area contributed by atoms with Gasteiger partial charge in [0.25, 0.3) is 5.91 Å². The number of phenols is 1. The molecule has 2 aromatic rings. The highest BCUT2D eigenvalue weighted by atomic mass is 16.3. The van der Waals surface area contributed by atoms with Crippen molar-refractivity contribution in [3.8, 4) is 16.9 Å². The molecule has 12 nitrogen and oxygen atoms in total. The Morgan fingerprint density at radius 1 is 1.19 bits per heavy atom. The molecular weight excluding hydrogens is 556 g/mol. The number of hydrogen-bond donors (Lipinski definition) is 6. The highest BCUT2D eigenvalue weighted by Gasteiger charge is 2.63. The predicted molar refractivity (Wildman–Crippen MR) is 156 cm³/mol. The summed E-state index contributed by atoms with van der Waals surface area (Å²) in [6.45, 7) is 1.75. The number of carbonyl (C=O) groups is 3.